The largest absolute Gasteiger partial charge is 0.404 e. The Labute approximate surface area is 162 Å². The van der Waals surface area contributed by atoms with Gasteiger partial charge >= 0.3 is 0 Å². The average molecular weight is 370 g/mol. The highest BCUT2D eigenvalue weighted by molar-refractivity contribution is 6.11. The van der Waals surface area contributed by atoms with Crippen molar-refractivity contribution in [2.75, 3.05) is 7.05 Å². The lowest BCUT2D eigenvalue weighted by atomic mass is 9.67. The first kappa shape index (κ1) is 19.8. The minimum atomic E-state index is -0.243. The molecular weight excluding hydrogens is 337 g/mol. The summed E-state index contributed by atoms with van der Waals surface area (Å²) in [5.41, 5.74) is 10.4. The Morgan fingerprint density at radius 2 is 2.11 bits per heavy atom. The number of halogens is 1. The molecular formula is C23H32FN3. The molecule has 0 bridgehead atoms. The van der Waals surface area contributed by atoms with Crippen LogP contribution in [-0.2, 0) is 0 Å². The van der Waals surface area contributed by atoms with E-state index >= 15 is 0 Å². The van der Waals surface area contributed by atoms with E-state index in [2.05, 4.69) is 32.3 Å². The predicted molar refractivity (Wildman–Crippen MR) is 112 cm³/mol. The lowest BCUT2D eigenvalue weighted by Gasteiger charge is -2.38. The van der Waals surface area contributed by atoms with Crippen LogP contribution in [0.15, 0.2) is 52.7 Å². The average Bonchev–Trinajstić information content (AvgIpc) is 2.98. The first-order valence-electron chi connectivity index (χ1n) is 10.1. The maximum Gasteiger partial charge on any atom is 0.123 e. The quantitative estimate of drug-likeness (QED) is 0.718. The van der Waals surface area contributed by atoms with E-state index in [4.69, 9.17) is 10.7 Å². The fourth-order valence-corrected chi connectivity index (χ4v) is 4.79. The van der Waals surface area contributed by atoms with Crippen molar-refractivity contribution in [3.05, 3.63) is 53.5 Å². The summed E-state index contributed by atoms with van der Waals surface area (Å²) in [7, 11) is 2.08. The minimum absolute atomic E-state index is 0.163. The van der Waals surface area contributed by atoms with Crippen molar-refractivity contribution < 1.29 is 4.39 Å². The monoisotopic (exact) mass is 369 g/mol. The van der Waals surface area contributed by atoms with Gasteiger partial charge in [-0.3, -0.25) is 0 Å². The maximum absolute atomic E-state index is 13.2. The zero-order valence-electron chi connectivity index (χ0n) is 16.8. The standard InChI is InChI=1S/C23H32FN3/c1-4-5-21(26-3)12-17-6-7-18-13-22(16(15-25)14-23(17,18)2)27-20-10-8-19(24)9-11-20/h8-11,13,15,17,21,26H,4-7,12,14,25H2,1-3H3/t17-,21?,23-/m1/s1. The van der Waals surface area contributed by atoms with E-state index < -0.39 is 0 Å². The highest BCUT2D eigenvalue weighted by Crippen LogP contribution is 2.55. The van der Waals surface area contributed by atoms with E-state index in [1.807, 2.05) is 0 Å². The van der Waals surface area contributed by atoms with Gasteiger partial charge in [-0.25, -0.2) is 9.38 Å². The van der Waals surface area contributed by atoms with Crippen LogP contribution in [0.3, 0.4) is 0 Å². The van der Waals surface area contributed by atoms with E-state index in [0.717, 1.165) is 29.8 Å². The third-order valence-corrected chi connectivity index (χ3v) is 6.49. The molecule has 3 rings (SSSR count). The number of nitrogens with zero attached hydrogens (tertiary/aromatic N) is 1. The molecule has 3 N–H and O–H groups in total. The molecule has 0 aliphatic heterocycles. The molecule has 1 saturated carbocycles. The van der Waals surface area contributed by atoms with Crippen LogP contribution in [0.25, 0.3) is 0 Å². The van der Waals surface area contributed by atoms with Crippen molar-refractivity contribution in [2.24, 2.45) is 22.1 Å². The van der Waals surface area contributed by atoms with Crippen LogP contribution in [0.5, 0.6) is 0 Å². The molecule has 2 aliphatic rings. The first-order chi connectivity index (χ1) is 13.0. The third-order valence-electron chi connectivity index (χ3n) is 6.49. The Kier molecular flexibility index (Phi) is 6.15. The van der Waals surface area contributed by atoms with E-state index in [0.29, 0.717) is 12.0 Å². The number of allylic oxidation sites excluding steroid dienone is 3. The molecule has 0 saturated heterocycles. The Bertz CT molecular complexity index is 747. The number of nitrogens with two attached hydrogens (primary N) is 1. The van der Waals surface area contributed by atoms with Crippen LogP contribution in [0.4, 0.5) is 10.1 Å². The highest BCUT2D eigenvalue weighted by atomic mass is 19.1. The molecule has 0 spiro atoms. The fourth-order valence-electron chi connectivity index (χ4n) is 4.79. The molecule has 4 heteroatoms. The number of aliphatic imine (C=N–C) groups is 1. The Morgan fingerprint density at radius 3 is 2.74 bits per heavy atom. The maximum atomic E-state index is 13.2. The van der Waals surface area contributed by atoms with Crippen molar-refractivity contribution in [1.29, 1.82) is 0 Å². The van der Waals surface area contributed by atoms with Crippen LogP contribution in [0.2, 0.25) is 0 Å². The van der Waals surface area contributed by atoms with Crippen molar-refractivity contribution in [3.63, 3.8) is 0 Å². The molecule has 146 valence electrons. The van der Waals surface area contributed by atoms with E-state index in [9.17, 15) is 4.39 Å². The zero-order valence-corrected chi connectivity index (χ0v) is 16.8. The lowest BCUT2D eigenvalue weighted by molar-refractivity contribution is 0.230. The van der Waals surface area contributed by atoms with Gasteiger partial charge in [-0.05, 0) is 92.6 Å². The summed E-state index contributed by atoms with van der Waals surface area (Å²) in [4.78, 5) is 4.75. The van der Waals surface area contributed by atoms with Gasteiger partial charge in [0.05, 0.1) is 11.4 Å². The SMILES string of the molecule is CCCC(C[C@H]1CCC2=CC(=Nc3ccc(F)cc3)C(=CN)C[C@@]21C)NC. The molecule has 1 aromatic carbocycles. The Hall–Kier alpha value is -1.94. The van der Waals surface area contributed by atoms with Crippen molar-refractivity contribution in [3.8, 4) is 0 Å². The number of hydrogen-bond donors (Lipinski definition) is 2. The smallest absolute Gasteiger partial charge is 0.123 e. The van der Waals surface area contributed by atoms with Gasteiger partial charge in [0.1, 0.15) is 5.82 Å². The number of rotatable bonds is 6. The van der Waals surface area contributed by atoms with E-state index in [1.54, 1.807) is 18.3 Å². The summed E-state index contributed by atoms with van der Waals surface area (Å²) >= 11 is 0. The van der Waals surface area contributed by atoms with Crippen LogP contribution in [0, 0.1) is 17.2 Å². The number of nitrogens with one attached hydrogen (secondary N) is 1. The van der Waals surface area contributed by atoms with Gasteiger partial charge in [0, 0.05) is 6.04 Å². The summed E-state index contributed by atoms with van der Waals surface area (Å²) < 4.78 is 13.2. The predicted octanol–water partition coefficient (Wildman–Crippen LogP) is 5.27. The number of benzene rings is 1. The molecule has 1 unspecified atom stereocenters. The molecule has 0 radical (unpaired) electrons. The summed E-state index contributed by atoms with van der Waals surface area (Å²) in [6.07, 6.45) is 10.9. The summed E-state index contributed by atoms with van der Waals surface area (Å²) in [5, 5.41) is 3.50. The second-order valence-corrected chi connectivity index (χ2v) is 8.17. The van der Waals surface area contributed by atoms with Gasteiger partial charge in [-0.15, -0.1) is 0 Å². The van der Waals surface area contributed by atoms with Crippen LogP contribution < -0.4 is 11.1 Å². The van der Waals surface area contributed by atoms with Gasteiger partial charge < -0.3 is 11.1 Å². The van der Waals surface area contributed by atoms with Gasteiger partial charge in [-0.1, -0.05) is 25.8 Å². The van der Waals surface area contributed by atoms with Gasteiger partial charge in [0.15, 0.2) is 0 Å². The molecule has 3 atom stereocenters. The molecule has 3 nitrogen and oxygen atoms in total. The summed E-state index contributed by atoms with van der Waals surface area (Å²) in [6.45, 7) is 4.65. The van der Waals surface area contributed by atoms with Crippen LogP contribution in [-0.4, -0.2) is 18.8 Å². The summed E-state index contributed by atoms with van der Waals surface area (Å²) in [6, 6.07) is 6.89. The van der Waals surface area contributed by atoms with Crippen LogP contribution in [0.1, 0.15) is 52.4 Å². The minimum Gasteiger partial charge on any atom is -0.404 e. The normalized spacial score (nSPS) is 29.0. The Morgan fingerprint density at radius 1 is 1.37 bits per heavy atom. The second kappa shape index (κ2) is 8.39. The van der Waals surface area contributed by atoms with Crippen molar-refractivity contribution in [2.45, 2.75) is 58.4 Å². The van der Waals surface area contributed by atoms with Crippen molar-refractivity contribution in [1.82, 2.24) is 5.32 Å². The zero-order chi connectivity index (χ0) is 19.4. The lowest BCUT2D eigenvalue weighted by Crippen LogP contribution is -2.35. The molecule has 27 heavy (non-hydrogen) atoms. The molecule has 0 amide bonds. The molecule has 0 aromatic heterocycles. The topological polar surface area (TPSA) is 50.4 Å². The third kappa shape index (κ3) is 4.16. The van der Waals surface area contributed by atoms with E-state index in [-0.39, 0.29) is 11.2 Å². The highest BCUT2D eigenvalue weighted by Gasteiger charge is 2.45. The Balaban J connectivity index is 1.87. The van der Waals surface area contributed by atoms with E-state index in [1.165, 1.54) is 43.4 Å². The van der Waals surface area contributed by atoms with Gasteiger partial charge in [0.2, 0.25) is 0 Å². The molecule has 0 heterocycles. The number of hydrogen-bond acceptors (Lipinski definition) is 3. The second-order valence-electron chi connectivity index (χ2n) is 8.17. The molecule has 2 aliphatic carbocycles. The fraction of sp³-hybridized carbons (Fsp3) is 0.522. The molecule has 1 aromatic rings. The van der Waals surface area contributed by atoms with Crippen LogP contribution >= 0.6 is 0 Å². The van der Waals surface area contributed by atoms with Crippen molar-refractivity contribution >= 4 is 11.4 Å². The van der Waals surface area contributed by atoms with Gasteiger partial charge in [0.25, 0.3) is 0 Å². The first-order valence-corrected chi connectivity index (χ1v) is 10.1. The molecule has 1 fully saturated rings. The summed E-state index contributed by atoms with van der Waals surface area (Å²) in [5.74, 6) is 0.419. The van der Waals surface area contributed by atoms with Gasteiger partial charge in [-0.2, -0.15) is 0 Å². The number of fused-ring (bicyclic) bond motifs is 1.